The van der Waals surface area contributed by atoms with Crippen LogP contribution in [0.4, 0.5) is 11.4 Å². The third-order valence-electron chi connectivity index (χ3n) is 2.13. The fourth-order valence-corrected chi connectivity index (χ4v) is 1.32. The molecule has 0 unspecified atom stereocenters. The van der Waals surface area contributed by atoms with Crippen LogP contribution in [0, 0.1) is 19.5 Å². The van der Waals surface area contributed by atoms with Crippen molar-refractivity contribution in [3.05, 3.63) is 80.2 Å². The summed E-state index contributed by atoms with van der Waals surface area (Å²) in [4.78, 5) is 0. The van der Waals surface area contributed by atoms with E-state index in [0.717, 1.165) is 11.4 Å². The topological polar surface area (TPSA) is 28.2 Å². The van der Waals surface area contributed by atoms with E-state index in [0.29, 0.717) is 0 Å². The van der Waals surface area contributed by atoms with E-state index in [1.165, 1.54) is 0 Å². The van der Waals surface area contributed by atoms with E-state index < -0.39 is 0 Å². The molecule has 0 fully saturated rings. The van der Waals surface area contributed by atoms with Crippen molar-refractivity contribution in [2.45, 2.75) is 0 Å². The van der Waals surface area contributed by atoms with Gasteiger partial charge in [-0.2, -0.15) is 0 Å². The second-order valence-electron chi connectivity index (χ2n) is 3.42. The molecule has 2 aromatic rings. The van der Waals surface area contributed by atoms with Crippen LogP contribution in [-0.4, -0.2) is 0 Å². The van der Waals surface area contributed by atoms with E-state index >= 15 is 0 Å². The molecule has 0 aliphatic rings. The van der Waals surface area contributed by atoms with Crippen molar-refractivity contribution in [3.63, 3.8) is 0 Å². The summed E-state index contributed by atoms with van der Waals surface area (Å²) in [7, 11) is 0. The van der Waals surface area contributed by atoms with E-state index in [2.05, 4.69) is 10.6 Å². The van der Waals surface area contributed by atoms with Gasteiger partial charge in [-0.1, -0.05) is 36.4 Å². The fourth-order valence-electron chi connectivity index (χ4n) is 1.32. The molecule has 0 spiro atoms. The molecule has 0 bridgehead atoms. The van der Waals surface area contributed by atoms with Crippen molar-refractivity contribution in [1.29, 1.82) is 0 Å². The molecule has 2 nitrogen and oxygen atoms in total. The maximum Gasteiger partial charge on any atom is 0.0787 e. The summed E-state index contributed by atoms with van der Waals surface area (Å²) in [6, 6.07) is 19.6. The number of hydrogen-bond acceptors (Lipinski definition) is 0. The lowest BCUT2D eigenvalue weighted by molar-refractivity contribution is 0.989. The zero-order valence-corrected chi connectivity index (χ0v) is 9.40. The van der Waals surface area contributed by atoms with Gasteiger partial charge in [0.15, 0.2) is 0 Å². The molecule has 83 valence electrons. The largest absolute Gasteiger partial charge is 0.279 e. The van der Waals surface area contributed by atoms with Gasteiger partial charge in [0, 0.05) is 6.42 Å². The minimum Gasteiger partial charge on any atom is -0.279 e. The molecule has 2 rings (SSSR count). The van der Waals surface area contributed by atoms with E-state index in [4.69, 9.17) is 0 Å². The molecule has 2 aromatic carbocycles. The lowest BCUT2D eigenvalue weighted by atomic mass is 10.3. The van der Waals surface area contributed by atoms with Gasteiger partial charge in [-0.05, 0) is 24.3 Å². The van der Waals surface area contributed by atoms with Gasteiger partial charge in [0.2, 0.25) is 0 Å². The van der Waals surface area contributed by atoms with E-state index in [1.54, 1.807) is 13.1 Å². The molecule has 0 aliphatic heterocycles. The summed E-state index contributed by atoms with van der Waals surface area (Å²) in [5.41, 5.74) is 1.88. The maximum absolute atomic E-state index is 4.27. The number of hydrogen-bond donors (Lipinski definition) is 0. The third-order valence-corrected chi connectivity index (χ3v) is 2.13. The van der Waals surface area contributed by atoms with Crippen molar-refractivity contribution in [2.24, 2.45) is 0 Å². The van der Waals surface area contributed by atoms with Crippen LogP contribution >= 0.6 is 0 Å². The lowest BCUT2D eigenvalue weighted by Crippen LogP contribution is -1.99. The Bertz CT molecular complexity index is 370. The molecular weight excluding hydrogens is 208 g/mol. The first-order chi connectivity index (χ1) is 8.45. The second kappa shape index (κ2) is 6.59. The van der Waals surface area contributed by atoms with Crippen LogP contribution in [0.3, 0.4) is 0 Å². The predicted octanol–water partition coefficient (Wildman–Crippen LogP) is 3.39. The number of nitrogens with zero attached hydrogens (tertiary/aromatic N) is 2. The summed E-state index contributed by atoms with van der Waals surface area (Å²) < 4.78 is 0. The quantitative estimate of drug-likeness (QED) is 0.669. The van der Waals surface area contributed by atoms with Crippen LogP contribution in [0.1, 0.15) is 0 Å². The van der Waals surface area contributed by atoms with E-state index in [-0.39, 0.29) is 0 Å². The SMILES string of the molecule is [CH]([CH][N]c1ccccc1)[CH][N]c1ccccc1. The number of para-hydroxylation sites is 2. The summed E-state index contributed by atoms with van der Waals surface area (Å²) >= 11 is 0. The highest BCUT2D eigenvalue weighted by Crippen LogP contribution is 2.09. The Morgan fingerprint density at radius 2 is 1.00 bits per heavy atom. The molecule has 0 saturated heterocycles. The minimum absolute atomic E-state index is 0.942. The van der Waals surface area contributed by atoms with Crippen molar-refractivity contribution in [2.75, 3.05) is 0 Å². The normalized spacial score (nSPS) is 9.88. The minimum atomic E-state index is 0.942. The molecule has 0 heterocycles. The van der Waals surface area contributed by atoms with Crippen LogP contribution in [0.25, 0.3) is 0 Å². The summed E-state index contributed by atoms with van der Waals surface area (Å²) in [5.74, 6) is 0. The fraction of sp³-hybridized carbons (Fsp3) is 0. The molecule has 0 aromatic heterocycles. The molecular formula is C15H13N2. The molecule has 0 atom stereocenters. The standard InChI is InChI=1S/C15H13N2/c1-3-8-14(9-4-1)16-12-7-13-17-15-10-5-2-6-11-15/h1-13H. The first-order valence-electron chi connectivity index (χ1n) is 5.45. The lowest BCUT2D eigenvalue weighted by Gasteiger charge is -2.02. The molecule has 2 heteroatoms. The van der Waals surface area contributed by atoms with Gasteiger partial charge in [0.25, 0.3) is 0 Å². The first kappa shape index (κ1) is 11.5. The van der Waals surface area contributed by atoms with Gasteiger partial charge in [0.05, 0.1) is 24.5 Å². The Morgan fingerprint density at radius 1 is 0.588 bits per heavy atom. The average Bonchev–Trinajstić information content (AvgIpc) is 2.41. The van der Waals surface area contributed by atoms with Crippen LogP contribution < -0.4 is 10.6 Å². The van der Waals surface area contributed by atoms with Gasteiger partial charge < -0.3 is 0 Å². The monoisotopic (exact) mass is 221 g/mol. The van der Waals surface area contributed by atoms with Crippen molar-refractivity contribution >= 4 is 11.4 Å². The average molecular weight is 221 g/mol. The molecule has 0 N–H and O–H groups in total. The molecule has 0 amide bonds. The zero-order chi connectivity index (χ0) is 11.8. The molecule has 17 heavy (non-hydrogen) atoms. The third kappa shape index (κ3) is 4.19. The zero-order valence-electron chi connectivity index (χ0n) is 9.40. The Kier molecular flexibility index (Phi) is 4.46. The van der Waals surface area contributed by atoms with Gasteiger partial charge in [0.1, 0.15) is 0 Å². The van der Waals surface area contributed by atoms with Crippen LogP contribution in [0.5, 0.6) is 0 Å². The first-order valence-corrected chi connectivity index (χ1v) is 5.45. The highest BCUT2D eigenvalue weighted by atomic mass is 14.9. The van der Waals surface area contributed by atoms with Gasteiger partial charge >= 0.3 is 0 Å². The van der Waals surface area contributed by atoms with Gasteiger partial charge in [-0.15, -0.1) is 0 Å². The predicted molar refractivity (Wildman–Crippen MR) is 69.4 cm³/mol. The number of benzene rings is 2. The highest BCUT2D eigenvalue weighted by Gasteiger charge is 1.95. The molecule has 5 radical (unpaired) electrons. The highest BCUT2D eigenvalue weighted by molar-refractivity contribution is 5.37. The Hall–Kier alpha value is -1.96. The molecule has 0 saturated carbocycles. The van der Waals surface area contributed by atoms with Crippen molar-refractivity contribution in [3.8, 4) is 0 Å². The van der Waals surface area contributed by atoms with E-state index in [9.17, 15) is 0 Å². The van der Waals surface area contributed by atoms with Crippen LogP contribution in [-0.2, 0) is 0 Å². The summed E-state index contributed by atoms with van der Waals surface area (Å²) in [5, 5.41) is 8.53. The van der Waals surface area contributed by atoms with Crippen LogP contribution in [0.2, 0.25) is 0 Å². The summed E-state index contributed by atoms with van der Waals surface area (Å²) in [6.45, 7) is 3.48. The number of rotatable bonds is 6. The van der Waals surface area contributed by atoms with Crippen LogP contribution in [0.15, 0.2) is 60.7 Å². The molecule has 0 aliphatic carbocycles. The smallest absolute Gasteiger partial charge is 0.0787 e. The van der Waals surface area contributed by atoms with E-state index in [1.807, 2.05) is 67.1 Å². The second-order valence-corrected chi connectivity index (χ2v) is 3.42. The van der Waals surface area contributed by atoms with Crippen molar-refractivity contribution in [1.82, 2.24) is 10.6 Å². The maximum atomic E-state index is 4.27. The van der Waals surface area contributed by atoms with Crippen molar-refractivity contribution < 1.29 is 0 Å². The Labute approximate surface area is 103 Å². The van der Waals surface area contributed by atoms with Gasteiger partial charge in [-0.25, -0.2) is 0 Å². The van der Waals surface area contributed by atoms with Gasteiger partial charge in [-0.3, -0.25) is 10.6 Å². The summed E-state index contributed by atoms with van der Waals surface area (Å²) in [6.07, 6.45) is 1.82. The Balaban J connectivity index is 1.61. The Morgan fingerprint density at radius 3 is 1.41 bits per heavy atom.